The van der Waals surface area contributed by atoms with Gasteiger partial charge in [0.25, 0.3) is 0 Å². The van der Waals surface area contributed by atoms with Gasteiger partial charge in [0.05, 0.1) is 0 Å². The molecule has 0 spiro atoms. The number of nitrogens with one attached hydrogen (secondary N) is 1. The first-order valence-corrected chi connectivity index (χ1v) is 7.04. The molecule has 0 fully saturated rings. The van der Waals surface area contributed by atoms with Crippen LogP contribution in [-0.4, -0.2) is 11.5 Å². The van der Waals surface area contributed by atoms with E-state index in [-0.39, 0.29) is 5.92 Å². The van der Waals surface area contributed by atoms with Crippen LogP contribution in [0, 0.1) is 13.8 Å². The smallest absolute Gasteiger partial charge is 0.0459 e. The van der Waals surface area contributed by atoms with Gasteiger partial charge in [-0.2, -0.15) is 0 Å². The van der Waals surface area contributed by atoms with Crippen LogP contribution < -0.4 is 5.73 Å². The number of para-hydroxylation sites is 1. The molecule has 0 aliphatic heterocycles. The number of aromatic amines is 1. The van der Waals surface area contributed by atoms with Crippen molar-refractivity contribution in [3.8, 4) is 0 Å². The summed E-state index contributed by atoms with van der Waals surface area (Å²) in [7, 11) is 0. The van der Waals surface area contributed by atoms with Crippen molar-refractivity contribution in [2.24, 2.45) is 5.73 Å². The van der Waals surface area contributed by atoms with E-state index in [0.29, 0.717) is 6.54 Å². The fraction of sp³-hybridized carbons (Fsp3) is 0.222. The maximum Gasteiger partial charge on any atom is 0.0459 e. The van der Waals surface area contributed by atoms with Crippen molar-refractivity contribution in [2.45, 2.75) is 19.8 Å². The van der Waals surface area contributed by atoms with Gasteiger partial charge in [-0.15, -0.1) is 0 Å². The minimum atomic E-state index is 0.242. The normalized spacial score (nSPS) is 12.8. The fourth-order valence-corrected chi connectivity index (χ4v) is 2.97. The van der Waals surface area contributed by atoms with Gasteiger partial charge in [0, 0.05) is 29.1 Å². The third-order valence-electron chi connectivity index (χ3n) is 4.01. The van der Waals surface area contributed by atoms with Gasteiger partial charge in [-0.05, 0) is 31.0 Å². The molecular weight excluding hydrogens is 244 g/mol. The lowest BCUT2D eigenvalue weighted by atomic mass is 9.89. The predicted molar refractivity (Wildman–Crippen MR) is 85.1 cm³/mol. The van der Waals surface area contributed by atoms with Crippen molar-refractivity contribution in [3.05, 3.63) is 70.9 Å². The van der Waals surface area contributed by atoms with Crippen molar-refractivity contribution >= 4 is 10.9 Å². The minimum Gasteiger partial charge on any atom is -0.358 e. The minimum absolute atomic E-state index is 0.242. The van der Waals surface area contributed by atoms with Crippen LogP contribution in [0.2, 0.25) is 0 Å². The first-order valence-electron chi connectivity index (χ1n) is 7.04. The first kappa shape index (κ1) is 12.9. The summed E-state index contributed by atoms with van der Waals surface area (Å²) in [5.41, 5.74) is 12.4. The molecule has 0 aliphatic carbocycles. The molecule has 2 aromatic carbocycles. The van der Waals surface area contributed by atoms with Gasteiger partial charge in [0.2, 0.25) is 0 Å². The molecule has 2 heteroatoms. The maximum atomic E-state index is 6.08. The topological polar surface area (TPSA) is 41.8 Å². The number of nitrogens with two attached hydrogens (primary N) is 1. The van der Waals surface area contributed by atoms with Crippen LogP contribution in [-0.2, 0) is 0 Å². The molecular formula is C18H20N2. The average molecular weight is 264 g/mol. The van der Waals surface area contributed by atoms with Crippen LogP contribution in [0.25, 0.3) is 10.9 Å². The second-order valence-electron chi connectivity index (χ2n) is 5.41. The summed E-state index contributed by atoms with van der Waals surface area (Å²) in [5.74, 6) is 0.242. The molecule has 1 unspecified atom stereocenters. The van der Waals surface area contributed by atoms with Gasteiger partial charge in [0.15, 0.2) is 0 Å². The molecule has 0 aliphatic rings. The van der Waals surface area contributed by atoms with E-state index in [1.807, 2.05) is 0 Å². The number of aryl methyl sites for hydroxylation is 2. The lowest BCUT2D eigenvalue weighted by molar-refractivity contribution is 0.817. The Morgan fingerprint density at radius 2 is 1.70 bits per heavy atom. The Bertz CT molecular complexity index is 723. The molecule has 2 nitrogen and oxygen atoms in total. The lowest BCUT2D eigenvalue weighted by Crippen LogP contribution is -2.14. The highest BCUT2D eigenvalue weighted by molar-refractivity contribution is 5.85. The summed E-state index contributed by atoms with van der Waals surface area (Å²) in [6, 6.07) is 17.1. The summed E-state index contributed by atoms with van der Waals surface area (Å²) in [6.07, 6.45) is 0. The molecule has 0 bridgehead atoms. The summed E-state index contributed by atoms with van der Waals surface area (Å²) >= 11 is 0. The Morgan fingerprint density at radius 3 is 2.40 bits per heavy atom. The Kier molecular flexibility index (Phi) is 3.33. The van der Waals surface area contributed by atoms with Crippen molar-refractivity contribution in [2.75, 3.05) is 6.54 Å². The number of H-pyrrole nitrogens is 1. The molecule has 3 aromatic rings. The standard InChI is InChI=1S/C18H20N2/c1-12-7-9-14(10-8-12)16(11-19)18-13(2)20-17-6-4-3-5-15(17)18/h3-10,16,20H,11,19H2,1-2H3. The largest absolute Gasteiger partial charge is 0.358 e. The number of hydrogen-bond donors (Lipinski definition) is 2. The van der Waals surface area contributed by atoms with E-state index in [4.69, 9.17) is 5.73 Å². The van der Waals surface area contributed by atoms with E-state index in [2.05, 4.69) is 67.4 Å². The van der Waals surface area contributed by atoms with Gasteiger partial charge in [-0.25, -0.2) is 0 Å². The van der Waals surface area contributed by atoms with Crippen molar-refractivity contribution in [1.29, 1.82) is 0 Å². The highest BCUT2D eigenvalue weighted by atomic mass is 14.7. The zero-order valence-electron chi connectivity index (χ0n) is 12.0. The van der Waals surface area contributed by atoms with Gasteiger partial charge in [-0.1, -0.05) is 48.0 Å². The number of hydrogen-bond acceptors (Lipinski definition) is 1. The summed E-state index contributed by atoms with van der Waals surface area (Å²) in [4.78, 5) is 3.47. The summed E-state index contributed by atoms with van der Waals surface area (Å²) < 4.78 is 0. The molecule has 1 heterocycles. The highest BCUT2D eigenvalue weighted by Gasteiger charge is 2.19. The summed E-state index contributed by atoms with van der Waals surface area (Å²) in [5, 5.41) is 1.28. The maximum absolute atomic E-state index is 6.08. The quantitative estimate of drug-likeness (QED) is 0.740. The number of fused-ring (bicyclic) bond motifs is 1. The highest BCUT2D eigenvalue weighted by Crippen LogP contribution is 2.33. The van der Waals surface area contributed by atoms with E-state index < -0.39 is 0 Å². The van der Waals surface area contributed by atoms with Gasteiger partial charge < -0.3 is 10.7 Å². The Morgan fingerprint density at radius 1 is 1.00 bits per heavy atom. The molecule has 0 saturated carbocycles. The van der Waals surface area contributed by atoms with E-state index in [1.54, 1.807) is 0 Å². The second-order valence-corrected chi connectivity index (χ2v) is 5.41. The van der Waals surface area contributed by atoms with Crippen LogP contribution in [0.4, 0.5) is 0 Å². The second kappa shape index (κ2) is 5.14. The Balaban J connectivity index is 2.16. The number of aromatic nitrogens is 1. The molecule has 3 rings (SSSR count). The fourth-order valence-electron chi connectivity index (χ4n) is 2.97. The van der Waals surface area contributed by atoms with Crippen LogP contribution >= 0.6 is 0 Å². The van der Waals surface area contributed by atoms with Crippen molar-refractivity contribution in [1.82, 2.24) is 4.98 Å². The van der Waals surface area contributed by atoms with Crippen LogP contribution in [0.1, 0.15) is 28.3 Å². The molecule has 0 amide bonds. The zero-order valence-corrected chi connectivity index (χ0v) is 12.0. The van der Waals surface area contributed by atoms with E-state index in [1.165, 1.54) is 33.3 Å². The van der Waals surface area contributed by atoms with Gasteiger partial charge in [0.1, 0.15) is 0 Å². The molecule has 0 radical (unpaired) electrons. The molecule has 1 aromatic heterocycles. The third kappa shape index (κ3) is 2.12. The van der Waals surface area contributed by atoms with Crippen molar-refractivity contribution in [3.63, 3.8) is 0 Å². The predicted octanol–water partition coefficient (Wildman–Crippen LogP) is 3.88. The number of rotatable bonds is 3. The van der Waals surface area contributed by atoms with Crippen LogP contribution in [0.15, 0.2) is 48.5 Å². The zero-order chi connectivity index (χ0) is 14.1. The monoisotopic (exact) mass is 264 g/mol. The van der Waals surface area contributed by atoms with Gasteiger partial charge in [-0.3, -0.25) is 0 Å². The SMILES string of the molecule is Cc1ccc(C(CN)c2c(C)[nH]c3ccccc23)cc1. The van der Waals surface area contributed by atoms with E-state index in [9.17, 15) is 0 Å². The molecule has 20 heavy (non-hydrogen) atoms. The third-order valence-corrected chi connectivity index (χ3v) is 4.01. The molecule has 0 saturated heterocycles. The molecule has 102 valence electrons. The lowest BCUT2D eigenvalue weighted by Gasteiger charge is -2.16. The van der Waals surface area contributed by atoms with Crippen molar-refractivity contribution < 1.29 is 0 Å². The van der Waals surface area contributed by atoms with E-state index in [0.717, 1.165) is 0 Å². The number of benzene rings is 2. The van der Waals surface area contributed by atoms with Gasteiger partial charge >= 0.3 is 0 Å². The summed E-state index contributed by atoms with van der Waals surface area (Å²) in [6.45, 7) is 4.86. The Labute approximate surface area is 119 Å². The van der Waals surface area contributed by atoms with Crippen LogP contribution in [0.3, 0.4) is 0 Å². The average Bonchev–Trinajstić information content (AvgIpc) is 2.79. The molecule has 1 atom stereocenters. The van der Waals surface area contributed by atoms with E-state index >= 15 is 0 Å². The Hall–Kier alpha value is -2.06. The van der Waals surface area contributed by atoms with Crippen LogP contribution in [0.5, 0.6) is 0 Å². The first-order chi connectivity index (χ1) is 9.70. The molecule has 3 N–H and O–H groups in total.